The number of ether oxygens (including phenoxy) is 1. The van der Waals surface area contributed by atoms with Crippen LogP contribution in [0.1, 0.15) is 36.1 Å². The van der Waals surface area contributed by atoms with Gasteiger partial charge in [-0.15, -0.1) is 11.3 Å². The van der Waals surface area contributed by atoms with Crippen molar-refractivity contribution in [2.75, 3.05) is 20.3 Å². The van der Waals surface area contributed by atoms with Crippen molar-refractivity contribution in [3.8, 4) is 11.8 Å². The molecule has 1 amide bonds. The molecule has 0 bridgehead atoms. The van der Waals surface area contributed by atoms with Gasteiger partial charge in [0.1, 0.15) is 6.61 Å². The van der Waals surface area contributed by atoms with Crippen LogP contribution in [-0.2, 0) is 16.1 Å². The highest BCUT2D eigenvalue weighted by Crippen LogP contribution is 2.19. The fourth-order valence-electron chi connectivity index (χ4n) is 2.31. The molecular weight excluding hydrogens is 286 g/mol. The molecule has 0 saturated carbocycles. The van der Waals surface area contributed by atoms with Crippen molar-refractivity contribution in [3.05, 3.63) is 21.9 Å². The lowest BCUT2D eigenvalue weighted by atomic mass is 10.1. The molecule has 1 aliphatic rings. The molecule has 1 fully saturated rings. The second-order valence-corrected chi connectivity index (χ2v) is 6.20. The van der Waals surface area contributed by atoms with Crippen LogP contribution in [0, 0.1) is 11.8 Å². The number of rotatable bonds is 4. The van der Waals surface area contributed by atoms with Crippen LogP contribution in [0.25, 0.3) is 0 Å². The van der Waals surface area contributed by atoms with Gasteiger partial charge in [0.15, 0.2) is 0 Å². The molecule has 2 heterocycles. The van der Waals surface area contributed by atoms with E-state index in [-0.39, 0.29) is 18.6 Å². The average molecular weight is 307 g/mol. The average Bonchev–Trinajstić information content (AvgIpc) is 2.93. The van der Waals surface area contributed by atoms with Crippen LogP contribution >= 0.6 is 11.3 Å². The third kappa shape index (κ3) is 5.16. The zero-order chi connectivity index (χ0) is 15.1. The van der Waals surface area contributed by atoms with E-state index in [1.165, 1.54) is 0 Å². The summed E-state index contributed by atoms with van der Waals surface area (Å²) in [5.74, 6) is 5.62. The lowest BCUT2D eigenvalue weighted by Crippen LogP contribution is -2.31. The van der Waals surface area contributed by atoms with Gasteiger partial charge in [-0.25, -0.2) is 0 Å². The Kier molecular flexibility index (Phi) is 6.24. The Bertz CT molecular complexity index is 523. The topological polar surface area (TPSA) is 49.8 Å². The first-order chi connectivity index (χ1) is 10.2. The van der Waals surface area contributed by atoms with Gasteiger partial charge in [-0.05, 0) is 25.3 Å². The number of carbonyl (C=O) groups excluding carboxylic acids is 1. The predicted molar refractivity (Wildman–Crippen MR) is 83.0 cm³/mol. The summed E-state index contributed by atoms with van der Waals surface area (Å²) in [4.78, 5) is 15.0. The van der Waals surface area contributed by atoms with Crippen molar-refractivity contribution in [1.82, 2.24) is 4.90 Å². The van der Waals surface area contributed by atoms with Crippen LogP contribution in [0.3, 0.4) is 0 Å². The van der Waals surface area contributed by atoms with Crippen molar-refractivity contribution in [3.63, 3.8) is 0 Å². The maximum Gasteiger partial charge on any atom is 0.225 e. The molecule has 0 radical (unpaired) electrons. The first-order valence-corrected chi connectivity index (χ1v) is 8.09. The maximum absolute atomic E-state index is 12.2. The second-order valence-electron chi connectivity index (χ2n) is 5.20. The Labute approximate surface area is 129 Å². The number of carbonyl (C=O) groups is 1. The molecule has 1 saturated heterocycles. The minimum Gasteiger partial charge on any atom is -0.384 e. The Morgan fingerprint density at radius 2 is 2.43 bits per heavy atom. The minimum atomic E-state index is -0.134. The number of aliphatic hydroxyl groups excluding tert-OH is 1. The zero-order valence-corrected chi connectivity index (χ0v) is 13.1. The number of hydrogen-bond acceptors (Lipinski definition) is 4. The number of thiophene rings is 1. The number of amides is 1. The highest BCUT2D eigenvalue weighted by Gasteiger charge is 2.20. The molecule has 2 rings (SSSR count). The van der Waals surface area contributed by atoms with Gasteiger partial charge in [-0.3, -0.25) is 4.79 Å². The van der Waals surface area contributed by atoms with Crippen molar-refractivity contribution in [1.29, 1.82) is 0 Å². The highest BCUT2D eigenvalue weighted by molar-refractivity contribution is 7.10. The van der Waals surface area contributed by atoms with Crippen LogP contribution in [0.4, 0.5) is 0 Å². The van der Waals surface area contributed by atoms with Gasteiger partial charge in [0.05, 0.1) is 19.1 Å². The summed E-state index contributed by atoms with van der Waals surface area (Å²) >= 11 is 1.58. The molecule has 1 aromatic rings. The normalized spacial score (nSPS) is 17.9. The van der Waals surface area contributed by atoms with Gasteiger partial charge in [0, 0.05) is 29.5 Å². The van der Waals surface area contributed by atoms with Crippen LogP contribution in [0.2, 0.25) is 0 Å². The van der Waals surface area contributed by atoms with Crippen LogP contribution in [0.5, 0.6) is 0 Å². The van der Waals surface area contributed by atoms with Crippen LogP contribution < -0.4 is 0 Å². The van der Waals surface area contributed by atoms with E-state index in [1.807, 2.05) is 18.5 Å². The molecule has 1 unspecified atom stereocenters. The summed E-state index contributed by atoms with van der Waals surface area (Å²) in [6.45, 7) is 1.24. The monoisotopic (exact) mass is 307 g/mol. The van der Waals surface area contributed by atoms with Crippen LogP contribution in [-0.4, -0.2) is 42.3 Å². The lowest BCUT2D eigenvalue weighted by molar-refractivity contribution is -0.134. The summed E-state index contributed by atoms with van der Waals surface area (Å²) in [5, 5.41) is 10.6. The smallest absolute Gasteiger partial charge is 0.225 e. The molecule has 0 aliphatic carbocycles. The summed E-state index contributed by atoms with van der Waals surface area (Å²) in [5.41, 5.74) is 0.889. The summed E-state index contributed by atoms with van der Waals surface area (Å²) in [7, 11) is 1.82. The van der Waals surface area contributed by atoms with Gasteiger partial charge in [-0.2, -0.15) is 0 Å². The molecule has 1 aromatic heterocycles. The van der Waals surface area contributed by atoms with Gasteiger partial charge < -0.3 is 14.7 Å². The van der Waals surface area contributed by atoms with Gasteiger partial charge in [0.25, 0.3) is 0 Å². The largest absolute Gasteiger partial charge is 0.384 e. The zero-order valence-electron chi connectivity index (χ0n) is 12.3. The van der Waals surface area contributed by atoms with E-state index in [2.05, 4.69) is 11.8 Å². The van der Waals surface area contributed by atoms with E-state index in [0.717, 1.165) is 36.3 Å². The van der Waals surface area contributed by atoms with E-state index in [1.54, 1.807) is 16.2 Å². The standard InChI is InChI=1S/C16H21NO3S/c1-17(16(19)10-14-6-2-3-8-20-14)11-15-9-13(12-21-15)5-4-7-18/h9,12,14,18H,2-3,6-8,10-11H2,1H3. The first kappa shape index (κ1) is 16.0. The molecule has 1 aliphatic heterocycles. The second kappa shape index (κ2) is 8.18. The van der Waals surface area contributed by atoms with Crippen molar-refractivity contribution in [2.24, 2.45) is 0 Å². The third-order valence-electron chi connectivity index (χ3n) is 3.46. The van der Waals surface area contributed by atoms with E-state index in [9.17, 15) is 4.79 Å². The van der Waals surface area contributed by atoms with Crippen molar-refractivity contribution >= 4 is 17.2 Å². The highest BCUT2D eigenvalue weighted by atomic mass is 32.1. The maximum atomic E-state index is 12.2. The van der Waals surface area contributed by atoms with Crippen molar-refractivity contribution < 1.29 is 14.6 Å². The summed E-state index contributed by atoms with van der Waals surface area (Å²) in [6.07, 6.45) is 3.80. The molecule has 0 aromatic carbocycles. The number of hydrogen-bond donors (Lipinski definition) is 1. The minimum absolute atomic E-state index is 0.0861. The van der Waals surface area contributed by atoms with Gasteiger partial charge >= 0.3 is 0 Å². The van der Waals surface area contributed by atoms with E-state index >= 15 is 0 Å². The summed E-state index contributed by atoms with van der Waals surface area (Å²) in [6, 6.07) is 1.97. The number of nitrogens with zero attached hydrogens (tertiary/aromatic N) is 1. The lowest BCUT2D eigenvalue weighted by Gasteiger charge is -2.24. The van der Waals surface area contributed by atoms with E-state index in [4.69, 9.17) is 9.84 Å². The molecular formula is C16H21NO3S. The van der Waals surface area contributed by atoms with Gasteiger partial charge in [0.2, 0.25) is 5.91 Å². The molecule has 4 nitrogen and oxygen atoms in total. The predicted octanol–water partition coefficient (Wildman–Crippen LogP) is 2.01. The SMILES string of the molecule is CN(Cc1cc(C#CCO)cs1)C(=O)CC1CCCCO1. The summed E-state index contributed by atoms with van der Waals surface area (Å²) < 4.78 is 5.61. The Balaban J connectivity index is 1.83. The molecule has 114 valence electrons. The fourth-order valence-corrected chi connectivity index (χ4v) is 3.18. The first-order valence-electron chi connectivity index (χ1n) is 7.21. The Morgan fingerprint density at radius 1 is 1.57 bits per heavy atom. The van der Waals surface area contributed by atoms with Crippen LogP contribution in [0.15, 0.2) is 11.4 Å². The fraction of sp³-hybridized carbons (Fsp3) is 0.562. The molecule has 21 heavy (non-hydrogen) atoms. The number of aliphatic hydroxyl groups is 1. The Morgan fingerprint density at radius 3 is 3.14 bits per heavy atom. The molecule has 0 spiro atoms. The van der Waals surface area contributed by atoms with E-state index < -0.39 is 0 Å². The molecule has 1 N–H and O–H groups in total. The molecule has 1 atom stereocenters. The Hall–Kier alpha value is -1.35. The molecule has 5 heteroatoms. The van der Waals surface area contributed by atoms with E-state index in [0.29, 0.717) is 13.0 Å². The third-order valence-corrected chi connectivity index (χ3v) is 4.38. The van der Waals surface area contributed by atoms with Gasteiger partial charge in [-0.1, -0.05) is 11.8 Å². The van der Waals surface area contributed by atoms with Crippen molar-refractivity contribution in [2.45, 2.75) is 38.3 Å². The quantitative estimate of drug-likeness (QED) is 0.866.